The van der Waals surface area contributed by atoms with Crippen molar-refractivity contribution < 1.29 is 9.90 Å². The lowest BCUT2D eigenvalue weighted by Gasteiger charge is -2.01. The Kier molecular flexibility index (Phi) is 2.34. The van der Waals surface area contributed by atoms with E-state index in [1.165, 1.54) is 6.20 Å². The number of aromatic nitrogens is 2. The summed E-state index contributed by atoms with van der Waals surface area (Å²) in [5.74, 6) is -0.951. The second-order valence-corrected chi connectivity index (χ2v) is 3.99. The normalized spacial score (nSPS) is 10.7. The van der Waals surface area contributed by atoms with E-state index in [0.29, 0.717) is 11.0 Å². The van der Waals surface area contributed by atoms with Crippen molar-refractivity contribution in [3.63, 3.8) is 0 Å². The molecule has 0 atom stereocenters. The molecule has 0 aliphatic carbocycles. The highest BCUT2D eigenvalue weighted by Crippen LogP contribution is 2.24. The van der Waals surface area contributed by atoms with Gasteiger partial charge in [-0.15, -0.1) is 0 Å². The number of rotatable bonds is 2. The molecule has 0 spiro atoms. The summed E-state index contributed by atoms with van der Waals surface area (Å²) in [5, 5.41) is 9.71. The number of fused-ring (bicyclic) bond motifs is 1. The van der Waals surface area contributed by atoms with Crippen molar-refractivity contribution in [1.82, 2.24) is 9.97 Å². The Morgan fingerprint density at radius 3 is 2.67 bits per heavy atom. The van der Waals surface area contributed by atoms with Gasteiger partial charge in [0.05, 0.1) is 5.56 Å². The van der Waals surface area contributed by atoms with Crippen molar-refractivity contribution in [3.8, 4) is 11.1 Å². The molecule has 3 rings (SSSR count). The van der Waals surface area contributed by atoms with E-state index in [0.717, 1.165) is 11.1 Å². The fraction of sp³-hybridized carbons (Fsp3) is 0. The van der Waals surface area contributed by atoms with E-state index in [2.05, 4.69) is 9.97 Å². The van der Waals surface area contributed by atoms with Crippen LogP contribution in [0.1, 0.15) is 10.4 Å². The molecular weight excluding hydrogens is 228 g/mol. The summed E-state index contributed by atoms with van der Waals surface area (Å²) >= 11 is 0. The van der Waals surface area contributed by atoms with Crippen LogP contribution in [0.5, 0.6) is 0 Å². The Morgan fingerprint density at radius 1 is 1.17 bits per heavy atom. The van der Waals surface area contributed by atoms with E-state index in [-0.39, 0.29) is 5.56 Å². The van der Waals surface area contributed by atoms with Crippen LogP contribution < -0.4 is 0 Å². The van der Waals surface area contributed by atoms with Gasteiger partial charge >= 0.3 is 5.97 Å². The number of nitrogens with zero attached hydrogens (tertiary/aromatic N) is 1. The zero-order chi connectivity index (χ0) is 12.5. The van der Waals surface area contributed by atoms with Gasteiger partial charge in [0.1, 0.15) is 5.65 Å². The first-order valence-corrected chi connectivity index (χ1v) is 5.51. The van der Waals surface area contributed by atoms with Crippen molar-refractivity contribution in [3.05, 3.63) is 54.4 Å². The Morgan fingerprint density at radius 2 is 1.94 bits per heavy atom. The number of carboxylic acids is 1. The van der Waals surface area contributed by atoms with Gasteiger partial charge < -0.3 is 10.1 Å². The Labute approximate surface area is 103 Å². The molecule has 3 aromatic rings. The van der Waals surface area contributed by atoms with Crippen molar-refractivity contribution >= 4 is 17.0 Å². The molecule has 0 fully saturated rings. The lowest BCUT2D eigenvalue weighted by atomic mass is 10.1. The van der Waals surface area contributed by atoms with Crippen molar-refractivity contribution in [1.29, 1.82) is 0 Å². The van der Waals surface area contributed by atoms with Gasteiger partial charge in [-0.3, -0.25) is 0 Å². The monoisotopic (exact) mass is 238 g/mol. The number of aromatic carboxylic acids is 1. The molecule has 0 aliphatic heterocycles. The molecule has 4 nitrogen and oxygen atoms in total. The predicted octanol–water partition coefficient (Wildman–Crippen LogP) is 2.93. The third kappa shape index (κ3) is 1.64. The molecule has 0 radical (unpaired) electrons. The molecule has 4 heteroatoms. The molecule has 2 N–H and O–H groups in total. The number of H-pyrrole nitrogens is 1. The minimum Gasteiger partial charge on any atom is -0.478 e. The highest BCUT2D eigenvalue weighted by atomic mass is 16.4. The SMILES string of the molecule is O=C(O)c1c[nH]c2ncc(-c3ccccc3)cc12. The van der Waals surface area contributed by atoms with Gasteiger partial charge in [0.2, 0.25) is 0 Å². The summed E-state index contributed by atoms with van der Waals surface area (Å²) in [7, 11) is 0. The Hall–Kier alpha value is -2.62. The summed E-state index contributed by atoms with van der Waals surface area (Å²) in [6.45, 7) is 0. The van der Waals surface area contributed by atoms with Gasteiger partial charge in [-0.1, -0.05) is 30.3 Å². The average molecular weight is 238 g/mol. The van der Waals surface area contributed by atoms with Crippen LogP contribution in [0, 0.1) is 0 Å². The van der Waals surface area contributed by atoms with Gasteiger partial charge in [-0.2, -0.15) is 0 Å². The van der Waals surface area contributed by atoms with Crippen LogP contribution in [0.3, 0.4) is 0 Å². The smallest absolute Gasteiger partial charge is 0.337 e. The van der Waals surface area contributed by atoms with Crippen molar-refractivity contribution in [2.75, 3.05) is 0 Å². The number of aromatic amines is 1. The molecule has 2 heterocycles. The average Bonchev–Trinajstić information content (AvgIpc) is 2.82. The second-order valence-electron chi connectivity index (χ2n) is 3.99. The summed E-state index contributed by atoms with van der Waals surface area (Å²) < 4.78 is 0. The summed E-state index contributed by atoms with van der Waals surface area (Å²) in [6, 6.07) is 11.6. The first-order valence-electron chi connectivity index (χ1n) is 5.51. The van der Waals surface area contributed by atoms with Crippen LogP contribution in [0.15, 0.2) is 48.8 Å². The molecular formula is C14H10N2O2. The van der Waals surface area contributed by atoms with Crippen LogP contribution in [-0.4, -0.2) is 21.0 Å². The van der Waals surface area contributed by atoms with E-state index in [9.17, 15) is 4.79 Å². The molecule has 18 heavy (non-hydrogen) atoms. The van der Waals surface area contributed by atoms with Crippen LogP contribution in [-0.2, 0) is 0 Å². The summed E-state index contributed by atoms with van der Waals surface area (Å²) in [6.07, 6.45) is 3.20. The minimum atomic E-state index is -0.951. The fourth-order valence-corrected chi connectivity index (χ4v) is 1.97. The molecule has 88 valence electrons. The van der Waals surface area contributed by atoms with E-state index < -0.39 is 5.97 Å². The topological polar surface area (TPSA) is 66.0 Å². The number of nitrogens with one attached hydrogen (secondary N) is 1. The quantitative estimate of drug-likeness (QED) is 0.721. The van der Waals surface area contributed by atoms with Gasteiger partial charge in [-0.25, -0.2) is 9.78 Å². The first-order chi connectivity index (χ1) is 8.75. The van der Waals surface area contributed by atoms with Crippen LogP contribution >= 0.6 is 0 Å². The van der Waals surface area contributed by atoms with Gasteiger partial charge in [-0.05, 0) is 11.6 Å². The van der Waals surface area contributed by atoms with E-state index in [1.54, 1.807) is 6.20 Å². The maximum Gasteiger partial charge on any atom is 0.337 e. The molecule has 0 unspecified atom stereocenters. The molecule has 0 saturated heterocycles. The molecule has 2 aromatic heterocycles. The van der Waals surface area contributed by atoms with E-state index in [4.69, 9.17) is 5.11 Å². The maximum atomic E-state index is 11.1. The zero-order valence-corrected chi connectivity index (χ0v) is 9.42. The third-order valence-electron chi connectivity index (χ3n) is 2.87. The largest absolute Gasteiger partial charge is 0.478 e. The highest BCUT2D eigenvalue weighted by molar-refractivity contribution is 6.03. The number of hydrogen-bond donors (Lipinski definition) is 2. The standard InChI is InChI=1S/C14H10N2O2/c17-14(18)12-8-16-13-11(12)6-10(7-15-13)9-4-2-1-3-5-9/h1-8H,(H,15,16)(H,17,18). The fourth-order valence-electron chi connectivity index (χ4n) is 1.97. The number of benzene rings is 1. The molecule has 0 saturated carbocycles. The maximum absolute atomic E-state index is 11.1. The van der Waals surface area contributed by atoms with Gasteiger partial charge in [0.25, 0.3) is 0 Å². The second kappa shape index (κ2) is 4.00. The third-order valence-corrected chi connectivity index (χ3v) is 2.87. The Bertz CT molecular complexity index is 717. The molecule has 0 amide bonds. The van der Waals surface area contributed by atoms with E-state index >= 15 is 0 Å². The number of carboxylic acid groups (broad SMARTS) is 1. The lowest BCUT2D eigenvalue weighted by Crippen LogP contribution is -1.94. The predicted molar refractivity (Wildman–Crippen MR) is 68.5 cm³/mol. The first kappa shape index (κ1) is 10.5. The lowest BCUT2D eigenvalue weighted by molar-refractivity contribution is 0.0699. The van der Waals surface area contributed by atoms with Crippen LogP contribution in [0.4, 0.5) is 0 Å². The van der Waals surface area contributed by atoms with Crippen LogP contribution in [0.25, 0.3) is 22.2 Å². The van der Waals surface area contributed by atoms with Gasteiger partial charge in [0.15, 0.2) is 0 Å². The molecule has 1 aromatic carbocycles. The van der Waals surface area contributed by atoms with Gasteiger partial charge in [0, 0.05) is 23.3 Å². The summed E-state index contributed by atoms with van der Waals surface area (Å²) in [4.78, 5) is 18.2. The van der Waals surface area contributed by atoms with Crippen molar-refractivity contribution in [2.24, 2.45) is 0 Å². The van der Waals surface area contributed by atoms with E-state index in [1.807, 2.05) is 36.4 Å². The highest BCUT2D eigenvalue weighted by Gasteiger charge is 2.12. The Balaban J connectivity index is 2.21. The number of hydrogen-bond acceptors (Lipinski definition) is 2. The number of pyridine rings is 1. The minimum absolute atomic E-state index is 0.246. The molecule has 0 aliphatic rings. The number of carbonyl (C=O) groups is 1. The zero-order valence-electron chi connectivity index (χ0n) is 9.42. The molecule has 0 bridgehead atoms. The van der Waals surface area contributed by atoms with Crippen LogP contribution in [0.2, 0.25) is 0 Å². The summed E-state index contributed by atoms with van der Waals surface area (Å²) in [5.41, 5.74) is 2.76. The van der Waals surface area contributed by atoms with Crippen molar-refractivity contribution in [2.45, 2.75) is 0 Å².